The first-order chi connectivity index (χ1) is 27.3. The second-order valence-electron chi connectivity index (χ2n) is 16.5. The molecule has 1 heterocycles. The first kappa shape index (κ1) is 32.8. The van der Waals surface area contributed by atoms with Crippen LogP contribution in [0.15, 0.2) is 182 Å². The van der Waals surface area contributed by atoms with E-state index in [-0.39, 0.29) is 10.8 Å². The van der Waals surface area contributed by atoms with E-state index in [2.05, 4.69) is 219 Å². The summed E-state index contributed by atoms with van der Waals surface area (Å²) in [6, 6.07) is 67.4. The molecule has 0 fully saturated rings. The minimum Gasteiger partial charge on any atom is -0.310 e. The Morgan fingerprint density at radius 2 is 0.893 bits per heavy atom. The van der Waals surface area contributed by atoms with Gasteiger partial charge in [0.1, 0.15) is 0 Å². The third-order valence-corrected chi connectivity index (χ3v) is 12.7. The van der Waals surface area contributed by atoms with Gasteiger partial charge in [0.05, 0.1) is 22.4 Å². The van der Waals surface area contributed by atoms with Crippen LogP contribution in [0.3, 0.4) is 0 Å². The summed E-state index contributed by atoms with van der Waals surface area (Å²) in [5.74, 6) is 0. The highest BCUT2D eigenvalue weighted by molar-refractivity contribution is 6.10. The highest BCUT2D eigenvalue weighted by Crippen LogP contribution is 2.58. The quantitative estimate of drug-likeness (QED) is 0.172. The van der Waals surface area contributed by atoms with E-state index in [0.717, 1.165) is 5.69 Å². The third-order valence-electron chi connectivity index (χ3n) is 12.7. The molecule has 0 atom stereocenters. The van der Waals surface area contributed by atoms with Crippen LogP contribution in [-0.4, -0.2) is 4.57 Å². The fourth-order valence-electron chi connectivity index (χ4n) is 10.2. The summed E-state index contributed by atoms with van der Waals surface area (Å²) in [5.41, 5.74) is 20.1. The number of para-hydroxylation sites is 2. The average molecular weight is 719 g/mol. The number of hydrogen-bond acceptors (Lipinski definition) is 1. The maximum atomic E-state index is 2.55. The lowest BCUT2D eigenvalue weighted by molar-refractivity contribution is 0.656. The minimum absolute atomic E-state index is 0.177. The summed E-state index contributed by atoms with van der Waals surface area (Å²) in [6.45, 7) is 9.57. The van der Waals surface area contributed by atoms with Crippen LogP contribution in [0.5, 0.6) is 0 Å². The molecule has 0 bridgehead atoms. The zero-order valence-corrected chi connectivity index (χ0v) is 32.2. The normalized spacial score (nSPS) is 14.4. The van der Waals surface area contributed by atoms with Gasteiger partial charge in [-0.3, -0.25) is 0 Å². The minimum atomic E-state index is -0.177. The smallest absolute Gasteiger partial charge is 0.0547 e. The molecule has 9 aromatic rings. The van der Waals surface area contributed by atoms with Crippen molar-refractivity contribution >= 4 is 38.9 Å². The molecule has 1 aromatic heterocycles. The van der Waals surface area contributed by atoms with E-state index in [1.165, 1.54) is 94.5 Å². The van der Waals surface area contributed by atoms with E-state index in [4.69, 9.17) is 0 Å². The Morgan fingerprint density at radius 3 is 1.52 bits per heavy atom. The molecule has 11 rings (SSSR count). The summed E-state index contributed by atoms with van der Waals surface area (Å²) < 4.78 is 2.40. The largest absolute Gasteiger partial charge is 0.310 e. The standard InChI is InChI=1S/C54H42N2/c1-53(2)45-23-11-8-18-39(45)43-21-14-26-48(51(43)53)56(49-27-15-22-44-40-19-9-12-24-46(40)54(3,4)52(44)49)38-31-28-35(29-32-38)36-30-33-42-41-20-10-13-25-47(41)55(50(42)34-36)37-16-6-5-7-17-37/h5-34H,1-4H3. The second-order valence-corrected chi connectivity index (χ2v) is 16.5. The van der Waals surface area contributed by atoms with Crippen molar-refractivity contribution < 1.29 is 0 Å². The zero-order valence-electron chi connectivity index (χ0n) is 32.2. The average Bonchev–Trinajstić information content (AvgIpc) is 3.79. The molecule has 0 N–H and O–H groups in total. The predicted molar refractivity (Wildman–Crippen MR) is 236 cm³/mol. The molecule has 268 valence electrons. The molecular formula is C54H42N2. The van der Waals surface area contributed by atoms with E-state index in [0.29, 0.717) is 0 Å². The van der Waals surface area contributed by atoms with Crippen LogP contribution >= 0.6 is 0 Å². The molecule has 0 spiro atoms. The Balaban J connectivity index is 1.11. The number of benzene rings is 8. The molecule has 0 amide bonds. The van der Waals surface area contributed by atoms with Crippen molar-refractivity contribution in [2.24, 2.45) is 0 Å². The van der Waals surface area contributed by atoms with Gasteiger partial charge in [0.15, 0.2) is 0 Å². The van der Waals surface area contributed by atoms with Gasteiger partial charge in [0.25, 0.3) is 0 Å². The summed E-state index contributed by atoms with van der Waals surface area (Å²) in [5, 5.41) is 2.53. The van der Waals surface area contributed by atoms with Crippen LogP contribution in [0.25, 0.3) is 60.9 Å². The van der Waals surface area contributed by atoms with Crippen molar-refractivity contribution in [3.8, 4) is 39.1 Å². The monoisotopic (exact) mass is 718 g/mol. The molecule has 0 unspecified atom stereocenters. The van der Waals surface area contributed by atoms with Gasteiger partial charge in [-0.15, -0.1) is 0 Å². The van der Waals surface area contributed by atoms with Gasteiger partial charge < -0.3 is 9.47 Å². The summed E-state index contributed by atoms with van der Waals surface area (Å²) in [7, 11) is 0. The van der Waals surface area contributed by atoms with Crippen molar-refractivity contribution in [3.63, 3.8) is 0 Å². The molecule has 2 aliphatic rings. The Hall–Kier alpha value is -6.64. The molecule has 2 nitrogen and oxygen atoms in total. The van der Waals surface area contributed by atoms with E-state index in [9.17, 15) is 0 Å². The Labute approximate surface area is 328 Å². The molecule has 0 aliphatic heterocycles. The summed E-state index contributed by atoms with van der Waals surface area (Å²) in [4.78, 5) is 2.55. The molecule has 0 saturated heterocycles. The molecule has 56 heavy (non-hydrogen) atoms. The molecule has 2 heteroatoms. The molecule has 2 aliphatic carbocycles. The van der Waals surface area contributed by atoms with Gasteiger partial charge in [-0.25, -0.2) is 0 Å². The van der Waals surface area contributed by atoms with Crippen LogP contribution in [0.4, 0.5) is 17.1 Å². The third kappa shape index (κ3) is 4.56. The molecule has 0 radical (unpaired) electrons. The molecular weight excluding hydrogens is 677 g/mol. The lowest BCUT2D eigenvalue weighted by atomic mass is 9.80. The first-order valence-electron chi connectivity index (χ1n) is 19.8. The maximum Gasteiger partial charge on any atom is 0.0547 e. The van der Waals surface area contributed by atoms with Crippen LogP contribution in [-0.2, 0) is 10.8 Å². The summed E-state index contributed by atoms with van der Waals surface area (Å²) in [6.07, 6.45) is 0. The van der Waals surface area contributed by atoms with Crippen molar-refractivity contribution in [2.45, 2.75) is 38.5 Å². The SMILES string of the molecule is CC1(C)c2ccccc2-c2cccc(N(c3ccc(-c4ccc5c6ccccc6n(-c6ccccc6)c5c4)cc3)c3cccc4c3C(C)(C)c3ccccc3-4)c21. The number of hydrogen-bond donors (Lipinski definition) is 0. The van der Waals surface area contributed by atoms with Crippen molar-refractivity contribution in [1.29, 1.82) is 0 Å². The topological polar surface area (TPSA) is 8.17 Å². The number of aromatic nitrogens is 1. The Bertz CT molecular complexity index is 2910. The first-order valence-corrected chi connectivity index (χ1v) is 19.8. The highest BCUT2D eigenvalue weighted by Gasteiger charge is 2.42. The number of fused-ring (bicyclic) bond motifs is 9. The Morgan fingerprint density at radius 1 is 0.393 bits per heavy atom. The fourth-order valence-corrected chi connectivity index (χ4v) is 10.2. The van der Waals surface area contributed by atoms with E-state index in [1.54, 1.807) is 0 Å². The highest BCUT2D eigenvalue weighted by atomic mass is 15.2. The van der Waals surface area contributed by atoms with Crippen LogP contribution < -0.4 is 4.90 Å². The van der Waals surface area contributed by atoms with Crippen LogP contribution in [0.1, 0.15) is 49.9 Å². The lowest BCUT2D eigenvalue weighted by Crippen LogP contribution is -2.23. The van der Waals surface area contributed by atoms with Gasteiger partial charge in [0.2, 0.25) is 0 Å². The maximum absolute atomic E-state index is 2.55. The van der Waals surface area contributed by atoms with Crippen LogP contribution in [0, 0.1) is 0 Å². The van der Waals surface area contributed by atoms with E-state index < -0.39 is 0 Å². The second kappa shape index (κ2) is 11.9. The lowest BCUT2D eigenvalue weighted by Gasteiger charge is -2.35. The van der Waals surface area contributed by atoms with Crippen molar-refractivity contribution in [1.82, 2.24) is 4.57 Å². The van der Waals surface area contributed by atoms with Gasteiger partial charge >= 0.3 is 0 Å². The van der Waals surface area contributed by atoms with E-state index >= 15 is 0 Å². The molecule has 0 saturated carbocycles. The van der Waals surface area contributed by atoms with Gasteiger partial charge in [-0.1, -0.05) is 161 Å². The number of nitrogens with zero attached hydrogens (tertiary/aromatic N) is 2. The van der Waals surface area contributed by atoms with Gasteiger partial charge in [-0.2, -0.15) is 0 Å². The van der Waals surface area contributed by atoms with Gasteiger partial charge in [-0.05, 0) is 104 Å². The van der Waals surface area contributed by atoms with E-state index in [1.807, 2.05) is 0 Å². The number of anilines is 3. The van der Waals surface area contributed by atoms with Crippen molar-refractivity contribution in [3.05, 3.63) is 204 Å². The Kier molecular flexibility index (Phi) is 6.98. The number of rotatable bonds is 5. The fraction of sp³-hybridized carbons (Fsp3) is 0.111. The predicted octanol–water partition coefficient (Wildman–Crippen LogP) is 14.5. The summed E-state index contributed by atoms with van der Waals surface area (Å²) >= 11 is 0. The van der Waals surface area contributed by atoms with Gasteiger partial charge in [0, 0.05) is 33.0 Å². The molecule has 8 aromatic carbocycles. The van der Waals surface area contributed by atoms with Crippen LogP contribution in [0.2, 0.25) is 0 Å². The zero-order chi connectivity index (χ0) is 37.8. The van der Waals surface area contributed by atoms with Crippen molar-refractivity contribution in [2.75, 3.05) is 4.90 Å².